The van der Waals surface area contributed by atoms with Crippen molar-refractivity contribution in [1.82, 2.24) is 9.47 Å². The molecular weight excluding hydrogens is 576 g/mol. The van der Waals surface area contributed by atoms with Crippen molar-refractivity contribution >= 4 is 34.4 Å². The number of carbonyl (C=O) groups is 2. The van der Waals surface area contributed by atoms with Crippen molar-refractivity contribution in [3.05, 3.63) is 136 Å². The van der Waals surface area contributed by atoms with Gasteiger partial charge >= 0.3 is 5.97 Å². The van der Waals surface area contributed by atoms with Crippen molar-refractivity contribution in [1.29, 1.82) is 0 Å². The molecular formula is C36H37ClN2O5. The van der Waals surface area contributed by atoms with Crippen LogP contribution in [0, 0.1) is 6.92 Å². The number of hydrogen-bond donors (Lipinski definition) is 1. The monoisotopic (exact) mass is 612 g/mol. The zero-order valence-corrected chi connectivity index (χ0v) is 26.1. The van der Waals surface area contributed by atoms with Crippen LogP contribution in [0.15, 0.2) is 103 Å². The first-order valence-electron chi connectivity index (χ1n) is 14.3. The molecule has 0 saturated heterocycles. The predicted octanol–water partition coefficient (Wildman–Crippen LogP) is 7.28. The van der Waals surface area contributed by atoms with Crippen molar-refractivity contribution < 1.29 is 24.2 Å². The second-order valence-electron chi connectivity index (χ2n) is 10.5. The van der Waals surface area contributed by atoms with Crippen LogP contribution >= 0.6 is 11.6 Å². The molecule has 1 N–H and O–H groups in total. The summed E-state index contributed by atoms with van der Waals surface area (Å²) < 4.78 is 12.9. The van der Waals surface area contributed by atoms with E-state index in [-0.39, 0.29) is 18.4 Å². The zero-order valence-electron chi connectivity index (χ0n) is 25.4. The zero-order chi connectivity index (χ0) is 31.6. The summed E-state index contributed by atoms with van der Waals surface area (Å²) >= 11 is 5.89. The highest BCUT2D eigenvalue weighted by Gasteiger charge is 2.22. The highest BCUT2D eigenvalue weighted by Crippen LogP contribution is 2.31. The summed E-state index contributed by atoms with van der Waals surface area (Å²) in [4.78, 5) is 26.4. The Morgan fingerprint density at radius 3 is 2.00 bits per heavy atom. The number of benzene rings is 4. The Morgan fingerprint density at radius 1 is 0.886 bits per heavy atom. The molecule has 0 atom stereocenters. The first-order valence-corrected chi connectivity index (χ1v) is 14.6. The van der Waals surface area contributed by atoms with E-state index in [2.05, 4.69) is 67.5 Å². The van der Waals surface area contributed by atoms with Crippen molar-refractivity contribution in [3.63, 3.8) is 0 Å². The summed E-state index contributed by atoms with van der Waals surface area (Å²) in [5.74, 6) is -0.583. The minimum absolute atomic E-state index is 0.0161. The summed E-state index contributed by atoms with van der Waals surface area (Å²) in [6, 6.07) is 32.6. The molecule has 4 aromatic carbocycles. The van der Waals surface area contributed by atoms with E-state index < -0.39 is 5.97 Å². The second kappa shape index (κ2) is 15.3. The van der Waals surface area contributed by atoms with Gasteiger partial charge in [-0.2, -0.15) is 0 Å². The smallest absolute Gasteiger partial charge is 0.307 e. The lowest BCUT2D eigenvalue weighted by molar-refractivity contribution is -0.136. The third-order valence-electron chi connectivity index (χ3n) is 7.19. The van der Waals surface area contributed by atoms with Gasteiger partial charge in [-0.05, 0) is 80.2 Å². The highest BCUT2D eigenvalue weighted by molar-refractivity contribution is 6.30. The molecule has 0 radical (unpaired) electrons. The van der Waals surface area contributed by atoms with E-state index in [1.54, 1.807) is 56.5 Å². The maximum Gasteiger partial charge on any atom is 0.307 e. The molecule has 5 rings (SSSR count). The largest absolute Gasteiger partial charge is 0.497 e. The van der Waals surface area contributed by atoms with Gasteiger partial charge in [0.15, 0.2) is 0 Å². The van der Waals surface area contributed by atoms with Crippen LogP contribution in [0.4, 0.5) is 0 Å². The van der Waals surface area contributed by atoms with E-state index in [1.807, 2.05) is 12.1 Å². The molecule has 0 aliphatic heterocycles. The van der Waals surface area contributed by atoms with Gasteiger partial charge in [0, 0.05) is 28.2 Å². The molecule has 0 unspecified atom stereocenters. The fourth-order valence-electron chi connectivity index (χ4n) is 4.94. The van der Waals surface area contributed by atoms with Gasteiger partial charge in [0.1, 0.15) is 11.9 Å². The van der Waals surface area contributed by atoms with Crippen LogP contribution < -0.4 is 4.74 Å². The lowest BCUT2D eigenvalue weighted by atomic mass is 10.0. The average molecular weight is 613 g/mol. The summed E-state index contributed by atoms with van der Waals surface area (Å²) in [7, 11) is 5.66. The average Bonchev–Trinajstić information content (AvgIpc) is 3.29. The van der Waals surface area contributed by atoms with Crippen molar-refractivity contribution in [2.75, 3.05) is 34.4 Å². The van der Waals surface area contributed by atoms with Crippen molar-refractivity contribution in [3.8, 4) is 5.75 Å². The Balaban J connectivity index is 0.000000209. The van der Waals surface area contributed by atoms with Crippen LogP contribution in [0.2, 0.25) is 5.02 Å². The van der Waals surface area contributed by atoms with E-state index in [0.29, 0.717) is 38.5 Å². The van der Waals surface area contributed by atoms with Crippen LogP contribution in [0.3, 0.4) is 0 Å². The molecule has 0 spiro atoms. The Kier molecular flexibility index (Phi) is 11.3. The number of fused-ring (bicyclic) bond motifs is 1. The molecule has 228 valence electrons. The molecule has 0 aliphatic rings. The van der Waals surface area contributed by atoms with Gasteiger partial charge in [-0.1, -0.05) is 72.3 Å². The summed E-state index contributed by atoms with van der Waals surface area (Å²) in [6.07, 6.45) is -0.154. The maximum absolute atomic E-state index is 13.0. The van der Waals surface area contributed by atoms with E-state index in [0.717, 1.165) is 13.2 Å². The Labute approximate surface area is 263 Å². The maximum atomic E-state index is 13.0. The first kappa shape index (κ1) is 32.5. The second-order valence-corrected chi connectivity index (χ2v) is 11.0. The SMILES string of the molecule is CN(C)CCOC(c1ccccc1)c1ccccc1.COc1ccc2c(c1)c(CC(=O)O)c(C)n2C(=O)c1ccc(Cl)cc1. The Bertz CT molecular complexity index is 1640. The number of aliphatic carboxylic acids is 1. The van der Waals surface area contributed by atoms with E-state index in [9.17, 15) is 14.7 Å². The minimum Gasteiger partial charge on any atom is -0.497 e. The van der Waals surface area contributed by atoms with E-state index >= 15 is 0 Å². The molecule has 0 bridgehead atoms. The fraction of sp³-hybridized carbons (Fsp3) is 0.222. The van der Waals surface area contributed by atoms with Gasteiger partial charge in [0.2, 0.25) is 0 Å². The molecule has 5 aromatic rings. The standard InChI is InChI=1S/C19H16ClNO4.C17H21NO/c1-11-15(10-18(22)23)16-9-14(25-2)7-8-17(16)21(11)19(24)12-3-5-13(20)6-4-12;1-18(2)13-14-19-17(15-9-5-3-6-10-15)16-11-7-4-8-12-16/h3-9H,10H2,1-2H3,(H,22,23);3-12,17H,13-14H2,1-2H3. The van der Waals surface area contributed by atoms with Gasteiger partial charge in [-0.3, -0.25) is 14.2 Å². The van der Waals surface area contributed by atoms with Crippen LogP contribution in [-0.2, 0) is 16.0 Å². The highest BCUT2D eigenvalue weighted by atomic mass is 35.5. The van der Waals surface area contributed by atoms with E-state index in [4.69, 9.17) is 21.1 Å². The number of rotatable bonds is 10. The van der Waals surface area contributed by atoms with Crippen LogP contribution in [0.25, 0.3) is 10.9 Å². The van der Waals surface area contributed by atoms with Gasteiger partial charge in [0.05, 0.1) is 25.7 Å². The van der Waals surface area contributed by atoms with Gasteiger partial charge in [-0.15, -0.1) is 0 Å². The number of hydrogen-bond acceptors (Lipinski definition) is 5. The molecule has 1 heterocycles. The number of halogens is 1. The summed E-state index contributed by atoms with van der Waals surface area (Å²) in [5.41, 5.74) is 4.73. The normalized spacial score (nSPS) is 11.0. The molecule has 0 amide bonds. The Morgan fingerprint density at radius 2 is 1.48 bits per heavy atom. The van der Waals surface area contributed by atoms with Gasteiger partial charge in [-0.25, -0.2) is 0 Å². The number of carboxylic acid groups (broad SMARTS) is 1. The molecule has 0 aliphatic carbocycles. The van der Waals surface area contributed by atoms with Gasteiger partial charge < -0.3 is 19.5 Å². The van der Waals surface area contributed by atoms with Gasteiger partial charge in [0.25, 0.3) is 5.91 Å². The number of aromatic nitrogens is 1. The summed E-state index contributed by atoms with van der Waals surface area (Å²) in [6.45, 7) is 3.40. The van der Waals surface area contributed by atoms with E-state index in [1.165, 1.54) is 15.7 Å². The third kappa shape index (κ3) is 8.14. The predicted molar refractivity (Wildman–Crippen MR) is 175 cm³/mol. The number of carboxylic acids is 1. The number of ether oxygens (including phenoxy) is 2. The molecule has 0 fully saturated rings. The molecule has 7 nitrogen and oxygen atoms in total. The Hall–Kier alpha value is -4.43. The van der Waals surface area contributed by atoms with Crippen LogP contribution in [0.5, 0.6) is 5.75 Å². The number of carbonyl (C=O) groups excluding carboxylic acids is 1. The van der Waals surface area contributed by atoms with Crippen molar-refractivity contribution in [2.24, 2.45) is 0 Å². The topological polar surface area (TPSA) is 81.0 Å². The van der Waals surface area contributed by atoms with Crippen LogP contribution in [0.1, 0.15) is 38.8 Å². The number of methoxy groups -OCH3 is 1. The molecule has 8 heteroatoms. The molecule has 0 saturated carbocycles. The first-order chi connectivity index (χ1) is 21.2. The third-order valence-corrected chi connectivity index (χ3v) is 7.44. The quantitative estimate of drug-likeness (QED) is 0.178. The lowest BCUT2D eigenvalue weighted by Gasteiger charge is -2.20. The summed E-state index contributed by atoms with van der Waals surface area (Å²) in [5, 5.41) is 10.5. The minimum atomic E-state index is -0.955. The lowest BCUT2D eigenvalue weighted by Crippen LogP contribution is -2.20. The van der Waals surface area contributed by atoms with Crippen LogP contribution in [-0.4, -0.2) is 60.8 Å². The molecule has 44 heavy (non-hydrogen) atoms. The fourth-order valence-corrected chi connectivity index (χ4v) is 5.07. The number of nitrogens with zero attached hydrogens (tertiary/aromatic N) is 2. The number of likely N-dealkylation sites (N-methyl/N-ethyl adjacent to an activating group) is 1. The molecule has 1 aromatic heterocycles. The van der Waals surface area contributed by atoms with Crippen molar-refractivity contribution in [2.45, 2.75) is 19.4 Å².